The van der Waals surface area contributed by atoms with Crippen molar-refractivity contribution in [3.05, 3.63) is 42.1 Å². The standard InChI is InChI=1S/C22H27N3O2/c26-22(20-7-10-23-21-4-2-1-3-19(20)21)25-14-16-5-6-18(25)15-24(13-16)17-8-11-27-12-9-17/h1-4,7,10,16-18H,5-6,8-9,11-15H2/t16-,18+/m0/s1. The largest absolute Gasteiger partial charge is 0.381 e. The van der Waals surface area contributed by atoms with Crippen molar-refractivity contribution in [2.24, 2.45) is 5.92 Å². The monoisotopic (exact) mass is 365 g/mol. The summed E-state index contributed by atoms with van der Waals surface area (Å²) < 4.78 is 5.55. The average Bonchev–Trinajstić information content (AvgIpc) is 3.06. The minimum absolute atomic E-state index is 0.178. The Balaban J connectivity index is 1.41. The number of pyridine rings is 1. The van der Waals surface area contributed by atoms with Gasteiger partial charge in [0.15, 0.2) is 0 Å². The molecule has 1 aromatic carbocycles. The van der Waals surface area contributed by atoms with Crippen LogP contribution >= 0.6 is 0 Å². The van der Waals surface area contributed by atoms with Gasteiger partial charge in [-0.05, 0) is 43.7 Å². The van der Waals surface area contributed by atoms with E-state index in [9.17, 15) is 4.79 Å². The number of carbonyl (C=O) groups excluding carboxylic acids is 1. The van der Waals surface area contributed by atoms with Crippen LogP contribution in [-0.2, 0) is 4.74 Å². The Morgan fingerprint density at radius 2 is 1.81 bits per heavy atom. The number of benzene rings is 1. The maximum Gasteiger partial charge on any atom is 0.254 e. The van der Waals surface area contributed by atoms with Gasteiger partial charge in [-0.15, -0.1) is 0 Å². The van der Waals surface area contributed by atoms with Gasteiger partial charge in [0.2, 0.25) is 0 Å². The molecular formula is C22H27N3O2. The van der Waals surface area contributed by atoms with E-state index in [4.69, 9.17) is 4.74 Å². The van der Waals surface area contributed by atoms with Crippen LogP contribution in [0.4, 0.5) is 0 Å². The zero-order valence-electron chi connectivity index (χ0n) is 15.7. The van der Waals surface area contributed by atoms with E-state index in [1.807, 2.05) is 30.3 Å². The van der Waals surface area contributed by atoms with Gasteiger partial charge in [-0.2, -0.15) is 0 Å². The second-order valence-corrected chi connectivity index (χ2v) is 8.23. The lowest BCUT2D eigenvalue weighted by atomic mass is 9.94. The highest BCUT2D eigenvalue weighted by atomic mass is 16.5. The number of aromatic nitrogens is 1. The Labute approximate surface area is 160 Å². The fourth-order valence-corrected chi connectivity index (χ4v) is 5.15. The molecule has 5 heteroatoms. The summed E-state index contributed by atoms with van der Waals surface area (Å²) in [5, 5.41) is 0.964. The van der Waals surface area contributed by atoms with Crippen molar-refractivity contribution >= 4 is 16.8 Å². The quantitative estimate of drug-likeness (QED) is 0.821. The summed E-state index contributed by atoms with van der Waals surface area (Å²) in [6, 6.07) is 10.8. The van der Waals surface area contributed by atoms with E-state index in [2.05, 4.69) is 14.8 Å². The zero-order valence-corrected chi connectivity index (χ0v) is 15.7. The van der Waals surface area contributed by atoms with Crippen molar-refractivity contribution in [1.29, 1.82) is 0 Å². The summed E-state index contributed by atoms with van der Waals surface area (Å²) in [6.07, 6.45) is 6.38. The molecule has 0 N–H and O–H groups in total. The van der Waals surface area contributed by atoms with E-state index in [-0.39, 0.29) is 5.91 Å². The normalized spacial score (nSPS) is 27.0. The number of hydrogen-bond donors (Lipinski definition) is 0. The van der Waals surface area contributed by atoms with E-state index in [0.29, 0.717) is 18.0 Å². The summed E-state index contributed by atoms with van der Waals surface area (Å²) >= 11 is 0. The highest BCUT2D eigenvalue weighted by Crippen LogP contribution is 2.32. The first-order chi connectivity index (χ1) is 13.3. The highest BCUT2D eigenvalue weighted by Gasteiger charge is 2.39. The predicted molar refractivity (Wildman–Crippen MR) is 105 cm³/mol. The first-order valence-corrected chi connectivity index (χ1v) is 10.3. The van der Waals surface area contributed by atoms with Gasteiger partial charge < -0.3 is 9.64 Å². The molecule has 27 heavy (non-hydrogen) atoms. The fraction of sp³-hybridized carbons (Fsp3) is 0.545. The summed E-state index contributed by atoms with van der Waals surface area (Å²) in [6.45, 7) is 4.78. The van der Waals surface area contributed by atoms with Crippen LogP contribution in [0.3, 0.4) is 0 Å². The van der Waals surface area contributed by atoms with Gasteiger partial charge in [0, 0.05) is 56.5 Å². The average molecular weight is 365 g/mol. The number of para-hydroxylation sites is 1. The van der Waals surface area contributed by atoms with Crippen LogP contribution in [0.2, 0.25) is 0 Å². The summed E-state index contributed by atoms with van der Waals surface area (Å²) in [4.78, 5) is 22.7. The van der Waals surface area contributed by atoms with Crippen molar-refractivity contribution in [3.63, 3.8) is 0 Å². The first kappa shape index (κ1) is 17.1. The third-order valence-corrected chi connectivity index (χ3v) is 6.59. The van der Waals surface area contributed by atoms with Crippen LogP contribution in [0.25, 0.3) is 10.9 Å². The molecule has 2 atom stereocenters. The van der Waals surface area contributed by atoms with Gasteiger partial charge in [-0.25, -0.2) is 0 Å². The number of piperidine rings is 1. The van der Waals surface area contributed by atoms with Crippen molar-refractivity contribution in [3.8, 4) is 0 Å². The lowest BCUT2D eigenvalue weighted by molar-refractivity contribution is 0.0304. The minimum Gasteiger partial charge on any atom is -0.381 e. The topological polar surface area (TPSA) is 45.7 Å². The number of carbonyl (C=O) groups is 1. The number of hydrogen-bond acceptors (Lipinski definition) is 4. The van der Waals surface area contributed by atoms with Gasteiger partial charge in [0.1, 0.15) is 0 Å². The van der Waals surface area contributed by atoms with Crippen molar-refractivity contribution in [1.82, 2.24) is 14.8 Å². The maximum absolute atomic E-state index is 13.5. The molecule has 4 fully saturated rings. The Morgan fingerprint density at radius 3 is 2.70 bits per heavy atom. The smallest absolute Gasteiger partial charge is 0.254 e. The molecule has 2 bridgehead atoms. The molecule has 2 aromatic rings. The first-order valence-electron chi connectivity index (χ1n) is 10.3. The van der Waals surface area contributed by atoms with Gasteiger partial charge in [-0.3, -0.25) is 14.7 Å². The molecule has 0 spiro atoms. The summed E-state index contributed by atoms with van der Waals surface area (Å²) in [7, 11) is 0. The van der Waals surface area contributed by atoms with E-state index >= 15 is 0 Å². The molecular weight excluding hydrogens is 338 g/mol. The summed E-state index contributed by atoms with van der Waals surface area (Å²) in [5.74, 6) is 0.765. The Bertz CT molecular complexity index is 828. The Hall–Kier alpha value is -1.98. The molecule has 4 saturated heterocycles. The van der Waals surface area contributed by atoms with Crippen LogP contribution < -0.4 is 0 Å². The number of ether oxygens (including phenoxy) is 1. The van der Waals surface area contributed by atoms with Crippen molar-refractivity contribution < 1.29 is 9.53 Å². The maximum atomic E-state index is 13.5. The molecule has 0 aliphatic carbocycles. The molecule has 0 unspecified atom stereocenters. The Morgan fingerprint density at radius 1 is 0.963 bits per heavy atom. The van der Waals surface area contributed by atoms with Crippen LogP contribution in [-0.4, -0.2) is 65.6 Å². The van der Waals surface area contributed by atoms with E-state index in [0.717, 1.165) is 68.6 Å². The van der Waals surface area contributed by atoms with E-state index in [1.165, 1.54) is 6.42 Å². The van der Waals surface area contributed by atoms with Gasteiger partial charge in [-0.1, -0.05) is 18.2 Å². The Kier molecular flexibility index (Phi) is 4.58. The molecule has 1 amide bonds. The number of nitrogens with zero attached hydrogens (tertiary/aromatic N) is 3. The molecule has 0 radical (unpaired) electrons. The molecule has 5 nitrogen and oxygen atoms in total. The van der Waals surface area contributed by atoms with Crippen LogP contribution in [0, 0.1) is 5.92 Å². The fourth-order valence-electron chi connectivity index (χ4n) is 5.15. The van der Waals surface area contributed by atoms with Crippen LogP contribution in [0.1, 0.15) is 36.0 Å². The highest BCUT2D eigenvalue weighted by molar-refractivity contribution is 6.06. The second kappa shape index (κ2) is 7.21. The predicted octanol–water partition coefficient (Wildman–Crippen LogP) is 2.95. The number of fused-ring (bicyclic) bond motifs is 5. The van der Waals surface area contributed by atoms with Gasteiger partial charge in [0.05, 0.1) is 11.1 Å². The van der Waals surface area contributed by atoms with Crippen LogP contribution in [0.5, 0.6) is 0 Å². The lowest BCUT2D eigenvalue weighted by Crippen LogP contribution is -2.48. The molecule has 142 valence electrons. The third-order valence-electron chi connectivity index (χ3n) is 6.59. The van der Waals surface area contributed by atoms with Crippen molar-refractivity contribution in [2.75, 3.05) is 32.8 Å². The number of amides is 1. The molecule has 5 heterocycles. The number of rotatable bonds is 2. The van der Waals surface area contributed by atoms with E-state index < -0.39 is 0 Å². The van der Waals surface area contributed by atoms with Crippen molar-refractivity contribution in [2.45, 2.75) is 37.8 Å². The molecule has 6 rings (SSSR count). The molecule has 4 aliphatic rings. The van der Waals surface area contributed by atoms with Gasteiger partial charge >= 0.3 is 0 Å². The van der Waals surface area contributed by atoms with Gasteiger partial charge in [0.25, 0.3) is 5.91 Å². The molecule has 0 saturated carbocycles. The summed E-state index contributed by atoms with van der Waals surface area (Å²) in [5.41, 5.74) is 1.69. The third kappa shape index (κ3) is 3.23. The van der Waals surface area contributed by atoms with E-state index in [1.54, 1.807) is 6.20 Å². The zero-order chi connectivity index (χ0) is 18.2. The SMILES string of the molecule is O=C(c1ccnc2ccccc12)N1C[C@H]2CC[C@@H]1CN(C1CCOCC1)C2. The lowest BCUT2D eigenvalue weighted by Gasteiger charge is -2.37. The molecule has 4 aliphatic heterocycles. The minimum atomic E-state index is 0.178. The molecule has 1 aromatic heterocycles. The van der Waals surface area contributed by atoms with Crippen LogP contribution in [0.15, 0.2) is 36.5 Å². The second-order valence-electron chi connectivity index (χ2n) is 8.23.